The van der Waals surface area contributed by atoms with Gasteiger partial charge in [0, 0.05) is 38.9 Å². The molecule has 0 aliphatic carbocycles. The minimum Gasteiger partial charge on any atom is -0.359 e. The van der Waals surface area contributed by atoms with Crippen LogP contribution >= 0.6 is 0 Å². The van der Waals surface area contributed by atoms with Gasteiger partial charge in [0.1, 0.15) is 11.9 Å². The lowest BCUT2D eigenvalue weighted by Crippen LogP contribution is -2.51. The van der Waals surface area contributed by atoms with Crippen LogP contribution in [0.25, 0.3) is 0 Å². The van der Waals surface area contributed by atoms with Gasteiger partial charge in [0.2, 0.25) is 5.91 Å². The predicted molar refractivity (Wildman–Crippen MR) is 95.6 cm³/mol. The molecule has 1 aliphatic heterocycles. The summed E-state index contributed by atoms with van der Waals surface area (Å²) in [4.78, 5) is 21.1. The van der Waals surface area contributed by atoms with Crippen LogP contribution < -0.4 is 5.32 Å². The molecule has 0 bridgehead atoms. The van der Waals surface area contributed by atoms with Gasteiger partial charge in [-0.15, -0.1) is 0 Å². The summed E-state index contributed by atoms with van der Waals surface area (Å²) in [5.74, 6) is 0.876. The Labute approximate surface area is 143 Å². The normalized spacial score (nSPS) is 16.6. The second kappa shape index (κ2) is 7.93. The van der Waals surface area contributed by atoms with E-state index in [9.17, 15) is 4.79 Å². The third kappa shape index (κ3) is 4.32. The van der Waals surface area contributed by atoms with E-state index in [4.69, 9.17) is 0 Å². The van der Waals surface area contributed by atoms with Gasteiger partial charge in [0.05, 0.1) is 0 Å². The predicted octanol–water partition coefficient (Wildman–Crippen LogP) is 2.23. The molecule has 1 aromatic heterocycles. The van der Waals surface area contributed by atoms with Gasteiger partial charge in [-0.2, -0.15) is 0 Å². The summed E-state index contributed by atoms with van der Waals surface area (Å²) in [7, 11) is 0. The molecule has 1 fully saturated rings. The number of rotatable bonds is 5. The molecular weight excluding hydrogens is 300 g/mol. The first-order valence-electron chi connectivity index (χ1n) is 8.45. The third-order valence-electron chi connectivity index (χ3n) is 4.33. The van der Waals surface area contributed by atoms with Crippen LogP contribution in [0.3, 0.4) is 0 Å². The quantitative estimate of drug-likeness (QED) is 0.916. The number of nitrogens with zero attached hydrogens (tertiary/aromatic N) is 3. The molecule has 24 heavy (non-hydrogen) atoms. The third-order valence-corrected chi connectivity index (χ3v) is 4.33. The molecule has 1 N–H and O–H groups in total. The van der Waals surface area contributed by atoms with Crippen molar-refractivity contribution in [1.29, 1.82) is 0 Å². The van der Waals surface area contributed by atoms with Crippen molar-refractivity contribution in [2.24, 2.45) is 0 Å². The number of anilines is 1. The molecule has 2 heterocycles. The first-order chi connectivity index (χ1) is 11.7. The fourth-order valence-corrected chi connectivity index (χ4v) is 2.97. The van der Waals surface area contributed by atoms with Crippen LogP contribution in [0.15, 0.2) is 54.7 Å². The number of amides is 1. The average molecular weight is 324 g/mol. The summed E-state index contributed by atoms with van der Waals surface area (Å²) in [6, 6.07) is 15.9. The maximum absolute atomic E-state index is 12.6. The van der Waals surface area contributed by atoms with Gasteiger partial charge in [0.15, 0.2) is 0 Å². The zero-order chi connectivity index (χ0) is 16.8. The Hall–Kier alpha value is -2.40. The van der Waals surface area contributed by atoms with Crippen molar-refractivity contribution in [2.75, 3.05) is 31.5 Å². The molecule has 0 spiro atoms. The Balaban J connectivity index is 1.48. The van der Waals surface area contributed by atoms with Gasteiger partial charge in [-0.1, -0.05) is 36.4 Å². The lowest BCUT2D eigenvalue weighted by Gasteiger charge is -2.36. The highest BCUT2D eigenvalue weighted by Gasteiger charge is 2.24. The van der Waals surface area contributed by atoms with Crippen molar-refractivity contribution in [3.63, 3.8) is 0 Å². The highest BCUT2D eigenvalue weighted by atomic mass is 16.2. The highest BCUT2D eigenvalue weighted by molar-refractivity contribution is 5.84. The smallest absolute Gasteiger partial charge is 0.244 e. The fourth-order valence-electron chi connectivity index (χ4n) is 2.97. The van der Waals surface area contributed by atoms with Crippen LogP contribution in [0.2, 0.25) is 0 Å². The van der Waals surface area contributed by atoms with Gasteiger partial charge >= 0.3 is 0 Å². The number of piperazine rings is 1. The summed E-state index contributed by atoms with van der Waals surface area (Å²) in [5.41, 5.74) is 1.32. The first-order valence-corrected chi connectivity index (χ1v) is 8.45. The molecule has 1 aliphatic rings. The largest absolute Gasteiger partial charge is 0.359 e. The molecule has 3 rings (SSSR count). The van der Waals surface area contributed by atoms with Gasteiger partial charge in [-0.3, -0.25) is 9.69 Å². The minimum atomic E-state index is -0.263. The number of benzene rings is 1. The molecule has 1 unspecified atom stereocenters. The van der Waals surface area contributed by atoms with Gasteiger partial charge in [-0.25, -0.2) is 4.98 Å². The Morgan fingerprint density at radius 1 is 1.08 bits per heavy atom. The van der Waals surface area contributed by atoms with E-state index in [1.54, 1.807) is 6.20 Å². The second-order valence-corrected chi connectivity index (χ2v) is 6.17. The number of carbonyl (C=O) groups excluding carboxylic acids is 1. The standard InChI is InChI=1S/C19H24N4O/c1-16(21-18-9-5-6-10-20-18)19(24)23-13-11-22(12-14-23)15-17-7-3-2-4-8-17/h2-10,16H,11-15H2,1H3,(H,20,21). The number of carbonyl (C=O) groups is 1. The molecule has 1 atom stereocenters. The summed E-state index contributed by atoms with van der Waals surface area (Å²) < 4.78 is 0. The van der Waals surface area contributed by atoms with E-state index in [-0.39, 0.29) is 11.9 Å². The number of hydrogen-bond donors (Lipinski definition) is 1. The molecular formula is C19H24N4O. The van der Waals surface area contributed by atoms with E-state index in [1.807, 2.05) is 36.1 Å². The molecule has 0 radical (unpaired) electrons. The van der Waals surface area contributed by atoms with Crippen LogP contribution in [-0.2, 0) is 11.3 Å². The molecule has 1 aromatic carbocycles. The van der Waals surface area contributed by atoms with Crippen molar-refractivity contribution in [3.8, 4) is 0 Å². The van der Waals surface area contributed by atoms with Gasteiger partial charge in [0.25, 0.3) is 0 Å². The minimum absolute atomic E-state index is 0.139. The zero-order valence-corrected chi connectivity index (χ0v) is 14.1. The summed E-state index contributed by atoms with van der Waals surface area (Å²) in [6.07, 6.45) is 1.72. The van der Waals surface area contributed by atoms with Crippen molar-refractivity contribution in [2.45, 2.75) is 19.5 Å². The number of nitrogens with one attached hydrogen (secondary N) is 1. The van der Waals surface area contributed by atoms with E-state index in [1.165, 1.54) is 5.56 Å². The lowest BCUT2D eigenvalue weighted by molar-refractivity contribution is -0.133. The highest BCUT2D eigenvalue weighted by Crippen LogP contribution is 2.11. The molecule has 0 saturated carbocycles. The van der Waals surface area contributed by atoms with Gasteiger partial charge in [-0.05, 0) is 24.6 Å². The summed E-state index contributed by atoms with van der Waals surface area (Å²) >= 11 is 0. The van der Waals surface area contributed by atoms with E-state index in [0.717, 1.165) is 38.5 Å². The summed E-state index contributed by atoms with van der Waals surface area (Å²) in [5, 5.41) is 3.17. The maximum Gasteiger partial charge on any atom is 0.244 e. The van der Waals surface area contributed by atoms with Crippen LogP contribution in [0.4, 0.5) is 5.82 Å². The van der Waals surface area contributed by atoms with Crippen LogP contribution in [0.1, 0.15) is 12.5 Å². The van der Waals surface area contributed by atoms with E-state index in [2.05, 4.69) is 39.5 Å². The van der Waals surface area contributed by atoms with Crippen LogP contribution in [0, 0.1) is 0 Å². The Kier molecular flexibility index (Phi) is 5.43. The van der Waals surface area contributed by atoms with E-state index < -0.39 is 0 Å². The lowest BCUT2D eigenvalue weighted by atomic mass is 10.2. The maximum atomic E-state index is 12.6. The molecule has 5 heteroatoms. The Bertz CT molecular complexity index is 639. The Morgan fingerprint density at radius 2 is 1.79 bits per heavy atom. The van der Waals surface area contributed by atoms with E-state index >= 15 is 0 Å². The molecule has 5 nitrogen and oxygen atoms in total. The number of pyridine rings is 1. The summed E-state index contributed by atoms with van der Waals surface area (Å²) in [6.45, 7) is 6.23. The molecule has 1 saturated heterocycles. The average Bonchev–Trinajstić information content (AvgIpc) is 2.63. The van der Waals surface area contributed by atoms with Crippen molar-refractivity contribution >= 4 is 11.7 Å². The SMILES string of the molecule is CC(Nc1ccccn1)C(=O)N1CCN(Cc2ccccc2)CC1. The van der Waals surface area contributed by atoms with Crippen LogP contribution in [-0.4, -0.2) is 52.9 Å². The van der Waals surface area contributed by atoms with Crippen molar-refractivity contribution < 1.29 is 4.79 Å². The van der Waals surface area contributed by atoms with Gasteiger partial charge < -0.3 is 10.2 Å². The topological polar surface area (TPSA) is 48.5 Å². The molecule has 126 valence electrons. The Morgan fingerprint density at radius 3 is 2.46 bits per heavy atom. The number of hydrogen-bond acceptors (Lipinski definition) is 4. The fraction of sp³-hybridized carbons (Fsp3) is 0.368. The van der Waals surface area contributed by atoms with Crippen LogP contribution in [0.5, 0.6) is 0 Å². The van der Waals surface area contributed by atoms with Crippen molar-refractivity contribution in [1.82, 2.24) is 14.8 Å². The first kappa shape index (κ1) is 16.5. The molecule has 2 aromatic rings. The zero-order valence-electron chi connectivity index (χ0n) is 14.1. The molecule has 1 amide bonds. The number of aromatic nitrogens is 1. The second-order valence-electron chi connectivity index (χ2n) is 6.17. The van der Waals surface area contributed by atoms with E-state index in [0.29, 0.717) is 0 Å². The monoisotopic (exact) mass is 324 g/mol. The van der Waals surface area contributed by atoms with Crippen molar-refractivity contribution in [3.05, 3.63) is 60.3 Å².